The van der Waals surface area contributed by atoms with E-state index in [0.717, 1.165) is 16.6 Å². The number of pyridine rings is 1. The highest BCUT2D eigenvalue weighted by atomic mass is 16.5. The highest BCUT2D eigenvalue weighted by Gasteiger charge is 2.53. The maximum atomic E-state index is 13.1. The number of aromatic nitrogens is 1. The molecule has 1 fully saturated rings. The van der Waals surface area contributed by atoms with Gasteiger partial charge in [0.15, 0.2) is 11.1 Å². The van der Waals surface area contributed by atoms with Gasteiger partial charge in [-0.3, -0.25) is 19.9 Å². The van der Waals surface area contributed by atoms with Gasteiger partial charge in [0.25, 0.3) is 11.8 Å². The quantitative estimate of drug-likeness (QED) is 0.625. The lowest BCUT2D eigenvalue weighted by Gasteiger charge is -2.29. The normalized spacial score (nSPS) is 20.2. The smallest absolute Gasteiger partial charge is 0.322 e. The summed E-state index contributed by atoms with van der Waals surface area (Å²) >= 11 is 0. The number of nitrogens with zero attached hydrogens (tertiary/aromatic N) is 2. The number of carbonyl (C=O) groups is 3. The summed E-state index contributed by atoms with van der Waals surface area (Å²) in [7, 11) is 1.53. The second-order valence-electron chi connectivity index (χ2n) is 7.88. The Morgan fingerprint density at radius 3 is 2.71 bits per heavy atom. The highest BCUT2D eigenvalue weighted by molar-refractivity contribution is 6.08. The lowest BCUT2D eigenvalue weighted by molar-refractivity contribution is -0.125. The predicted molar refractivity (Wildman–Crippen MR) is 110 cm³/mol. The van der Waals surface area contributed by atoms with Crippen LogP contribution in [0.2, 0.25) is 0 Å². The largest absolute Gasteiger partial charge is 0.497 e. The van der Waals surface area contributed by atoms with Crippen LogP contribution in [0.5, 0.6) is 5.75 Å². The molecule has 0 spiro atoms. The Kier molecular flexibility index (Phi) is 4.04. The molecule has 2 N–H and O–H groups in total. The zero-order valence-electron chi connectivity index (χ0n) is 17.2. The van der Waals surface area contributed by atoms with Gasteiger partial charge in [-0.05, 0) is 43.7 Å². The summed E-state index contributed by atoms with van der Waals surface area (Å²) in [5.41, 5.74) is 1.82. The summed E-state index contributed by atoms with van der Waals surface area (Å²) in [5.74, 6) is 0.0149. The highest BCUT2D eigenvalue weighted by Crippen LogP contribution is 2.35. The molecule has 0 saturated carbocycles. The SMILES string of the molecule is COc1ccc2c(c1)C(=O)N(CC1(c3cc4cc(C)nc(C)c4o3)NC(=O)NC1=O)C2. The molecule has 2 aromatic heterocycles. The molecule has 2 aliphatic rings. The molecular weight excluding hydrogens is 400 g/mol. The molecule has 0 radical (unpaired) electrons. The average molecular weight is 420 g/mol. The number of amides is 4. The molecule has 1 saturated heterocycles. The van der Waals surface area contributed by atoms with Crippen LogP contribution in [0.4, 0.5) is 4.79 Å². The summed E-state index contributed by atoms with van der Waals surface area (Å²) in [5, 5.41) is 5.75. The number of urea groups is 1. The number of fused-ring (bicyclic) bond motifs is 2. The minimum atomic E-state index is -1.54. The fourth-order valence-electron chi connectivity index (χ4n) is 4.31. The third-order valence-electron chi connectivity index (χ3n) is 5.78. The van der Waals surface area contributed by atoms with Crippen LogP contribution in [0.25, 0.3) is 11.0 Å². The van der Waals surface area contributed by atoms with Gasteiger partial charge < -0.3 is 19.4 Å². The number of furan rings is 1. The first-order chi connectivity index (χ1) is 14.8. The summed E-state index contributed by atoms with van der Waals surface area (Å²) in [6.07, 6.45) is 0. The summed E-state index contributed by atoms with van der Waals surface area (Å²) < 4.78 is 11.2. The Labute approximate surface area is 177 Å². The van der Waals surface area contributed by atoms with E-state index in [1.54, 1.807) is 18.2 Å². The van der Waals surface area contributed by atoms with Crippen LogP contribution >= 0.6 is 0 Å². The van der Waals surface area contributed by atoms with Crippen molar-refractivity contribution >= 4 is 28.8 Å². The standard InChI is InChI=1S/C22H20N4O5/c1-11-6-14-7-17(31-18(14)12(2)23-11)22(20(28)24-21(29)25-22)10-26-9-13-4-5-15(30-3)8-16(13)19(26)27/h4-8H,9-10H2,1-3H3,(H2,24,25,28,29). The topological polar surface area (TPSA) is 114 Å². The zero-order chi connectivity index (χ0) is 21.9. The molecule has 4 amide bonds. The molecule has 3 aromatic rings. The first-order valence-corrected chi connectivity index (χ1v) is 9.79. The van der Waals surface area contributed by atoms with E-state index in [0.29, 0.717) is 29.1 Å². The van der Waals surface area contributed by atoms with Crippen molar-refractivity contribution < 1.29 is 23.5 Å². The lowest BCUT2D eigenvalue weighted by atomic mass is 9.95. The van der Waals surface area contributed by atoms with Crippen molar-refractivity contribution in [3.63, 3.8) is 0 Å². The van der Waals surface area contributed by atoms with Gasteiger partial charge in [-0.25, -0.2) is 4.79 Å². The molecule has 4 heterocycles. The van der Waals surface area contributed by atoms with E-state index in [1.165, 1.54) is 12.0 Å². The lowest BCUT2D eigenvalue weighted by Crippen LogP contribution is -2.52. The van der Waals surface area contributed by atoms with Crippen molar-refractivity contribution in [2.75, 3.05) is 13.7 Å². The van der Waals surface area contributed by atoms with Crippen molar-refractivity contribution in [1.82, 2.24) is 20.5 Å². The monoisotopic (exact) mass is 420 g/mol. The van der Waals surface area contributed by atoms with Crippen molar-refractivity contribution in [2.24, 2.45) is 0 Å². The van der Waals surface area contributed by atoms with Gasteiger partial charge in [0.05, 0.1) is 19.3 Å². The fourth-order valence-corrected chi connectivity index (χ4v) is 4.31. The minimum Gasteiger partial charge on any atom is -0.497 e. The van der Waals surface area contributed by atoms with Crippen LogP contribution in [0.15, 0.2) is 34.7 Å². The van der Waals surface area contributed by atoms with E-state index < -0.39 is 17.5 Å². The number of methoxy groups -OCH3 is 1. The van der Waals surface area contributed by atoms with E-state index in [9.17, 15) is 14.4 Å². The van der Waals surface area contributed by atoms with E-state index in [4.69, 9.17) is 9.15 Å². The van der Waals surface area contributed by atoms with E-state index in [1.807, 2.05) is 26.0 Å². The summed E-state index contributed by atoms with van der Waals surface area (Å²) in [6.45, 7) is 3.92. The van der Waals surface area contributed by atoms with Gasteiger partial charge in [0, 0.05) is 23.2 Å². The Morgan fingerprint density at radius 1 is 1.19 bits per heavy atom. The summed E-state index contributed by atoms with van der Waals surface area (Å²) in [6, 6.07) is 8.22. The van der Waals surface area contributed by atoms with Crippen LogP contribution in [-0.4, -0.2) is 41.4 Å². The number of rotatable bonds is 4. The third-order valence-corrected chi connectivity index (χ3v) is 5.78. The number of ether oxygens (including phenoxy) is 1. The molecule has 5 rings (SSSR count). The Bertz CT molecular complexity index is 1280. The second-order valence-corrected chi connectivity index (χ2v) is 7.88. The van der Waals surface area contributed by atoms with E-state index in [2.05, 4.69) is 15.6 Å². The van der Waals surface area contributed by atoms with Crippen molar-refractivity contribution in [1.29, 1.82) is 0 Å². The van der Waals surface area contributed by atoms with Crippen LogP contribution in [-0.2, 0) is 16.9 Å². The molecule has 9 heteroatoms. The average Bonchev–Trinajstić information content (AvgIpc) is 3.37. The fraction of sp³-hybridized carbons (Fsp3) is 0.273. The molecule has 158 valence electrons. The molecule has 1 aromatic carbocycles. The van der Waals surface area contributed by atoms with Gasteiger partial charge in [-0.1, -0.05) is 6.07 Å². The van der Waals surface area contributed by atoms with Gasteiger partial charge in [0.2, 0.25) is 0 Å². The molecule has 31 heavy (non-hydrogen) atoms. The number of aryl methyl sites for hydroxylation is 2. The molecule has 1 atom stereocenters. The number of hydrogen-bond acceptors (Lipinski definition) is 6. The van der Waals surface area contributed by atoms with Crippen LogP contribution in [0, 0.1) is 13.8 Å². The zero-order valence-corrected chi connectivity index (χ0v) is 17.2. The molecule has 0 bridgehead atoms. The molecule has 2 aliphatic heterocycles. The van der Waals surface area contributed by atoms with Crippen LogP contribution in [0.3, 0.4) is 0 Å². The minimum absolute atomic E-state index is 0.0777. The van der Waals surface area contributed by atoms with Crippen molar-refractivity contribution in [3.8, 4) is 5.75 Å². The maximum Gasteiger partial charge on any atom is 0.322 e. The predicted octanol–water partition coefficient (Wildman–Crippen LogP) is 2.14. The van der Waals surface area contributed by atoms with Gasteiger partial charge in [-0.15, -0.1) is 0 Å². The first kappa shape index (κ1) is 19.1. The van der Waals surface area contributed by atoms with Crippen molar-refractivity contribution in [3.05, 3.63) is 58.6 Å². The second kappa shape index (κ2) is 6.56. The Hall–Kier alpha value is -3.88. The number of benzene rings is 1. The number of nitrogens with one attached hydrogen (secondary N) is 2. The van der Waals surface area contributed by atoms with E-state index in [-0.39, 0.29) is 18.2 Å². The first-order valence-electron chi connectivity index (χ1n) is 9.79. The van der Waals surface area contributed by atoms with Crippen LogP contribution < -0.4 is 15.4 Å². The molecule has 1 unspecified atom stereocenters. The number of imide groups is 1. The van der Waals surface area contributed by atoms with Gasteiger partial charge in [0.1, 0.15) is 11.5 Å². The third kappa shape index (κ3) is 2.84. The number of hydrogen-bond donors (Lipinski definition) is 2. The number of carbonyl (C=O) groups excluding carboxylic acids is 3. The van der Waals surface area contributed by atoms with E-state index >= 15 is 0 Å². The maximum absolute atomic E-state index is 13.1. The van der Waals surface area contributed by atoms with Crippen molar-refractivity contribution in [2.45, 2.75) is 25.9 Å². The molecule has 0 aliphatic carbocycles. The summed E-state index contributed by atoms with van der Waals surface area (Å²) in [4.78, 5) is 44.1. The Morgan fingerprint density at radius 2 is 2.00 bits per heavy atom. The van der Waals surface area contributed by atoms with Gasteiger partial charge in [-0.2, -0.15) is 0 Å². The molecule has 9 nitrogen and oxygen atoms in total. The Balaban J connectivity index is 1.57. The van der Waals surface area contributed by atoms with Crippen LogP contribution in [0.1, 0.15) is 33.1 Å². The molecular formula is C22H20N4O5. The van der Waals surface area contributed by atoms with Gasteiger partial charge >= 0.3 is 6.03 Å².